The van der Waals surface area contributed by atoms with Crippen LogP contribution in [0.3, 0.4) is 0 Å². The number of carbonyl (C=O) groups excluding carboxylic acids is 2. The summed E-state index contributed by atoms with van der Waals surface area (Å²) < 4.78 is 5.93. The Bertz CT molecular complexity index is 977. The molecule has 4 rings (SSSR count). The first-order chi connectivity index (χ1) is 15.5. The maximum absolute atomic E-state index is 13.6. The highest BCUT2D eigenvalue weighted by Crippen LogP contribution is 2.62. The van der Waals surface area contributed by atoms with Gasteiger partial charge in [-0.25, -0.2) is 0 Å². The summed E-state index contributed by atoms with van der Waals surface area (Å²) in [5.74, 6) is -1.44. The first kappa shape index (κ1) is 23.9. The molecule has 7 atom stereocenters. The number of esters is 1. The first-order valence-corrected chi connectivity index (χ1v) is 12.0. The molecule has 0 saturated heterocycles. The number of ketones is 1. The Morgan fingerprint density at radius 2 is 1.91 bits per heavy atom. The van der Waals surface area contributed by atoms with Gasteiger partial charge in [0.1, 0.15) is 11.7 Å². The van der Waals surface area contributed by atoms with Crippen LogP contribution in [0.5, 0.6) is 0 Å². The van der Waals surface area contributed by atoms with Crippen LogP contribution >= 0.6 is 0 Å². The summed E-state index contributed by atoms with van der Waals surface area (Å²) in [5.41, 5.74) is 0.259. The zero-order valence-corrected chi connectivity index (χ0v) is 20.1. The molecule has 2 N–H and O–H groups in total. The third kappa shape index (κ3) is 4.22. The predicted molar refractivity (Wildman–Crippen MR) is 126 cm³/mol. The van der Waals surface area contributed by atoms with E-state index in [1.54, 1.807) is 6.92 Å². The smallest absolute Gasteiger partial charge is 0.310 e. The topological polar surface area (TPSA) is 83.8 Å². The van der Waals surface area contributed by atoms with Gasteiger partial charge in [-0.05, 0) is 66.1 Å². The third-order valence-corrected chi connectivity index (χ3v) is 8.41. The zero-order valence-electron chi connectivity index (χ0n) is 20.1. The van der Waals surface area contributed by atoms with Crippen LogP contribution < -0.4 is 0 Å². The van der Waals surface area contributed by atoms with Gasteiger partial charge >= 0.3 is 5.97 Å². The Morgan fingerprint density at radius 1 is 1.24 bits per heavy atom. The summed E-state index contributed by atoms with van der Waals surface area (Å²) in [4.78, 5) is 26.5. The molecule has 2 saturated carbocycles. The number of hydrogen-bond acceptors (Lipinski definition) is 5. The van der Waals surface area contributed by atoms with Crippen LogP contribution in [0.25, 0.3) is 0 Å². The maximum Gasteiger partial charge on any atom is 0.310 e. The van der Waals surface area contributed by atoms with Gasteiger partial charge < -0.3 is 14.9 Å². The van der Waals surface area contributed by atoms with Crippen molar-refractivity contribution in [1.82, 2.24) is 0 Å². The molecule has 3 aliphatic carbocycles. The van der Waals surface area contributed by atoms with Crippen molar-refractivity contribution in [2.24, 2.45) is 29.1 Å². The van der Waals surface area contributed by atoms with Gasteiger partial charge in [0.2, 0.25) is 0 Å². The van der Waals surface area contributed by atoms with Crippen LogP contribution in [0.15, 0.2) is 54.1 Å². The van der Waals surface area contributed by atoms with Gasteiger partial charge in [0.15, 0.2) is 5.78 Å². The Kier molecular flexibility index (Phi) is 6.17. The van der Waals surface area contributed by atoms with E-state index < -0.39 is 29.7 Å². The summed E-state index contributed by atoms with van der Waals surface area (Å²) in [6.45, 7) is 12.2. The summed E-state index contributed by atoms with van der Waals surface area (Å²) in [6.07, 6.45) is 1.76. The molecular formula is C28H36O5. The van der Waals surface area contributed by atoms with E-state index in [1.807, 2.05) is 43.3 Å². The lowest BCUT2D eigenvalue weighted by atomic mass is 9.77. The number of Topliss-reactive ketones (excluding diaryl/α,β-unsaturated/α-hetero) is 1. The van der Waals surface area contributed by atoms with Gasteiger partial charge in [-0.15, -0.1) is 0 Å². The minimum Gasteiger partial charge on any atom is -0.457 e. The van der Waals surface area contributed by atoms with Crippen LogP contribution in [0, 0.1) is 29.1 Å². The highest BCUT2D eigenvalue weighted by molar-refractivity contribution is 6.02. The number of hydrogen-bond donors (Lipinski definition) is 2. The number of aliphatic hydroxyl groups is 2. The van der Waals surface area contributed by atoms with Gasteiger partial charge in [-0.2, -0.15) is 0 Å². The van der Waals surface area contributed by atoms with Crippen LogP contribution in [-0.2, 0) is 20.7 Å². The molecule has 5 heteroatoms. The lowest BCUT2D eigenvalue weighted by Gasteiger charge is -2.36. The van der Waals surface area contributed by atoms with E-state index in [-0.39, 0.29) is 35.9 Å². The van der Waals surface area contributed by atoms with Crippen molar-refractivity contribution >= 4 is 11.8 Å². The van der Waals surface area contributed by atoms with Crippen molar-refractivity contribution < 1.29 is 24.5 Å². The van der Waals surface area contributed by atoms with Gasteiger partial charge in [0.25, 0.3) is 0 Å². The fourth-order valence-corrected chi connectivity index (χ4v) is 6.25. The average molecular weight is 453 g/mol. The first-order valence-electron chi connectivity index (χ1n) is 12.0. The van der Waals surface area contributed by atoms with Gasteiger partial charge in [-0.3, -0.25) is 9.59 Å². The van der Waals surface area contributed by atoms with Crippen molar-refractivity contribution in [3.05, 3.63) is 59.7 Å². The number of allylic oxidation sites excluding steroid dienone is 1. The summed E-state index contributed by atoms with van der Waals surface area (Å²) in [6, 6.07) is 9.30. The van der Waals surface area contributed by atoms with E-state index in [0.29, 0.717) is 23.5 Å². The minimum atomic E-state index is -1.81. The van der Waals surface area contributed by atoms with Crippen molar-refractivity contribution in [3.8, 4) is 0 Å². The van der Waals surface area contributed by atoms with E-state index in [0.717, 1.165) is 12.0 Å². The molecular weight excluding hydrogens is 416 g/mol. The largest absolute Gasteiger partial charge is 0.457 e. The van der Waals surface area contributed by atoms with Gasteiger partial charge in [-0.1, -0.05) is 63.8 Å². The number of carbonyl (C=O) groups is 2. The summed E-state index contributed by atoms with van der Waals surface area (Å²) in [5, 5.41) is 22.8. The summed E-state index contributed by atoms with van der Waals surface area (Å²) in [7, 11) is 0. The fraction of sp³-hybridized carbons (Fsp3) is 0.571. The van der Waals surface area contributed by atoms with E-state index in [1.165, 1.54) is 0 Å². The fourth-order valence-electron chi connectivity index (χ4n) is 6.25. The Morgan fingerprint density at radius 3 is 2.58 bits per heavy atom. The van der Waals surface area contributed by atoms with Crippen LogP contribution in [-0.4, -0.2) is 39.8 Å². The van der Waals surface area contributed by atoms with Crippen LogP contribution in [0.1, 0.15) is 52.5 Å². The quantitative estimate of drug-likeness (QED) is 0.534. The van der Waals surface area contributed by atoms with Crippen LogP contribution in [0.2, 0.25) is 0 Å². The molecule has 1 aromatic carbocycles. The SMILES string of the molecule is C=C1CC[C@H]2[C@@H](/C=C(\C)C(=O)[C@@]3(O)C[C@H](C)[C@H](O)[C@@H]3[C@H]1OC(=O)Cc1ccccc1)C2(C)C. The molecule has 5 nitrogen and oxygen atoms in total. The molecule has 3 aliphatic rings. The minimum absolute atomic E-state index is 0.0744. The molecule has 0 amide bonds. The maximum atomic E-state index is 13.6. The van der Waals surface area contributed by atoms with Crippen LogP contribution in [0.4, 0.5) is 0 Å². The van der Waals surface area contributed by atoms with Crippen molar-refractivity contribution in [2.45, 2.75) is 71.2 Å². The van der Waals surface area contributed by atoms with Crippen molar-refractivity contribution in [2.75, 3.05) is 0 Å². The lowest BCUT2D eigenvalue weighted by Crippen LogP contribution is -2.52. The molecule has 0 heterocycles. The molecule has 2 fully saturated rings. The number of aliphatic hydroxyl groups excluding tert-OH is 1. The highest BCUT2D eigenvalue weighted by atomic mass is 16.5. The molecule has 0 radical (unpaired) electrons. The highest BCUT2D eigenvalue weighted by Gasteiger charge is 2.61. The zero-order chi connectivity index (χ0) is 24.1. The standard InChI is InChI=1S/C28H36O5/c1-16-11-12-20-21(27(20,4)5)13-17(2)26(31)28(32)15-18(3)24(30)23(28)25(16)33-22(29)14-19-9-7-6-8-10-19/h6-10,13,18,20-21,23-25,30,32H,1,11-12,14-15H2,2-5H3/b17-13+/t18-,20-,21+,23+,24-,25-,28+/m0/s1. The van der Waals surface area contributed by atoms with E-state index in [2.05, 4.69) is 20.4 Å². The predicted octanol–water partition coefficient (Wildman–Crippen LogP) is 4.03. The van der Waals surface area contributed by atoms with E-state index >= 15 is 0 Å². The van der Waals surface area contributed by atoms with Gasteiger partial charge in [0.05, 0.1) is 18.4 Å². The molecule has 33 heavy (non-hydrogen) atoms. The average Bonchev–Trinajstić information content (AvgIpc) is 3.18. The lowest BCUT2D eigenvalue weighted by molar-refractivity contribution is -0.162. The van der Waals surface area contributed by atoms with Crippen molar-refractivity contribution in [3.63, 3.8) is 0 Å². The Hall–Kier alpha value is -2.24. The second-order valence-electron chi connectivity index (χ2n) is 11.0. The monoisotopic (exact) mass is 452 g/mol. The Balaban J connectivity index is 1.69. The third-order valence-electron chi connectivity index (χ3n) is 8.41. The second-order valence-corrected chi connectivity index (χ2v) is 11.0. The normalized spacial score (nSPS) is 39.5. The molecule has 0 unspecified atom stereocenters. The van der Waals surface area contributed by atoms with E-state index in [4.69, 9.17) is 4.74 Å². The molecule has 0 aliphatic heterocycles. The number of benzene rings is 1. The van der Waals surface area contributed by atoms with Gasteiger partial charge in [0, 0.05) is 0 Å². The molecule has 0 aromatic heterocycles. The van der Waals surface area contributed by atoms with E-state index in [9.17, 15) is 19.8 Å². The molecule has 0 spiro atoms. The molecule has 178 valence electrons. The number of ether oxygens (including phenoxy) is 1. The number of rotatable bonds is 3. The number of fused-ring (bicyclic) bond motifs is 2. The summed E-state index contributed by atoms with van der Waals surface area (Å²) >= 11 is 0. The second kappa shape index (κ2) is 8.52. The van der Waals surface area contributed by atoms with Crippen molar-refractivity contribution in [1.29, 1.82) is 0 Å². The Labute approximate surface area is 196 Å². The molecule has 0 bridgehead atoms. The molecule has 1 aromatic rings.